The topological polar surface area (TPSA) is 72.6 Å². The average molecular weight is 650 g/mol. The number of hydrogen-bond acceptors (Lipinski definition) is 3. The number of anilines is 1. The van der Waals surface area contributed by atoms with E-state index < -0.39 is 6.09 Å². The molecule has 122 valence electrons. The van der Waals surface area contributed by atoms with E-state index in [-0.39, 0.29) is 5.91 Å². The van der Waals surface area contributed by atoms with Crippen molar-refractivity contribution in [1.82, 2.24) is 0 Å². The zero-order valence-corrected chi connectivity index (χ0v) is 18.5. The summed E-state index contributed by atoms with van der Waals surface area (Å²) in [6, 6.07) is 14.6. The molecule has 2 rings (SSSR count). The second-order valence-corrected chi connectivity index (χ2v) is 7.31. The molecule has 2 N–H and O–H groups in total. The summed E-state index contributed by atoms with van der Waals surface area (Å²) < 4.78 is 8.46. The van der Waals surface area contributed by atoms with Crippen molar-refractivity contribution in [3.63, 3.8) is 0 Å². The molecule has 0 atom stereocenters. The molecule has 0 spiro atoms. The van der Waals surface area contributed by atoms with Gasteiger partial charge in [0.25, 0.3) is 0 Å². The van der Waals surface area contributed by atoms with Gasteiger partial charge in [-0.05, 0) is 69.4 Å². The molecule has 0 saturated carbocycles. The molecule has 0 heterocycles. The summed E-state index contributed by atoms with van der Waals surface area (Å²) in [5.74, 6) is 0.510. The maximum absolute atomic E-state index is 11.1. The van der Waals surface area contributed by atoms with Crippen molar-refractivity contribution < 1.29 is 14.3 Å². The monoisotopic (exact) mass is 650 g/mol. The quantitative estimate of drug-likeness (QED) is 0.378. The number of benzene rings is 2. The van der Waals surface area contributed by atoms with Gasteiger partial charge in [0.1, 0.15) is 5.75 Å². The van der Waals surface area contributed by atoms with Gasteiger partial charge in [0.2, 0.25) is 5.91 Å². The van der Waals surface area contributed by atoms with Gasteiger partial charge in [0, 0.05) is 10.5 Å². The van der Waals surface area contributed by atoms with E-state index >= 15 is 0 Å². The van der Waals surface area contributed by atoms with Crippen LogP contribution in [0.25, 0.3) is 0 Å². The molecule has 0 aliphatic rings. The Kier molecular flexibility index (Phi) is 9.12. The Morgan fingerprint density at radius 1 is 1.04 bits per heavy atom. The summed E-state index contributed by atoms with van der Waals surface area (Å²) in [5, 5.41) is 0. The van der Waals surface area contributed by atoms with Gasteiger partial charge in [0.15, 0.2) is 0 Å². The molecule has 23 heavy (non-hydrogen) atoms. The Hall–Kier alpha value is -0.630. The third-order valence-electron chi connectivity index (χ3n) is 2.38. The van der Waals surface area contributed by atoms with E-state index in [0.717, 1.165) is 9.26 Å². The second kappa shape index (κ2) is 10.3. The van der Waals surface area contributed by atoms with Crippen LogP contribution in [0.4, 0.5) is 10.5 Å². The van der Waals surface area contributed by atoms with Crippen LogP contribution in [0.1, 0.15) is 6.92 Å². The van der Waals surface area contributed by atoms with Crippen LogP contribution in [0.3, 0.4) is 0 Å². The molecular weight excluding hydrogens is 637 g/mol. The maximum atomic E-state index is 11.1. The Labute approximate surface area is 175 Å². The van der Waals surface area contributed by atoms with E-state index in [0.29, 0.717) is 5.75 Å². The van der Waals surface area contributed by atoms with E-state index in [4.69, 9.17) is 5.73 Å². The van der Waals surface area contributed by atoms with Crippen LogP contribution in [0, 0.1) is 7.14 Å². The Morgan fingerprint density at radius 3 is 2.17 bits per heavy atom. The second-order valence-electron chi connectivity index (χ2n) is 4.11. The van der Waals surface area contributed by atoms with Gasteiger partial charge in [-0.15, -0.1) is 0 Å². The van der Waals surface area contributed by atoms with Crippen molar-refractivity contribution >= 4 is 85.7 Å². The summed E-state index contributed by atoms with van der Waals surface area (Å²) in [7, 11) is 0. The van der Waals surface area contributed by atoms with Crippen molar-refractivity contribution in [2.24, 2.45) is 5.73 Å². The number of nitrogens with two attached hydrogens (primary N) is 1. The third-order valence-corrected chi connectivity index (χ3v) is 6.64. The summed E-state index contributed by atoms with van der Waals surface area (Å²) in [4.78, 5) is 21.3. The van der Waals surface area contributed by atoms with Crippen molar-refractivity contribution in [3.8, 4) is 5.75 Å². The van der Waals surface area contributed by atoms with Gasteiger partial charge in [0.05, 0.1) is 32.1 Å². The Bertz CT molecular complexity index is 681. The number of hydrogen-bond donors (Lipinski definition) is 1. The number of primary amides is 1. The van der Waals surface area contributed by atoms with Gasteiger partial charge in [-0.1, -0.05) is 24.3 Å². The molecule has 0 bridgehead atoms. The molecule has 0 saturated heterocycles. The first kappa shape index (κ1) is 20.4. The summed E-state index contributed by atoms with van der Waals surface area (Å²) >= 11 is 6.52. The van der Waals surface area contributed by atoms with Gasteiger partial charge in [-0.3, -0.25) is 7.91 Å². The number of ether oxygens (including phenoxy) is 1. The van der Waals surface area contributed by atoms with E-state index in [1.54, 1.807) is 34.3 Å². The first-order valence-corrected chi connectivity index (χ1v) is 9.38. The maximum Gasteiger partial charge on any atom is 0.409 e. The van der Waals surface area contributed by atoms with E-state index in [1.807, 2.05) is 47.1 Å². The van der Waals surface area contributed by atoms with Crippen molar-refractivity contribution in [2.45, 2.75) is 6.92 Å². The molecule has 0 unspecified atom stereocenters. The first-order chi connectivity index (χ1) is 10.8. The molecule has 0 fully saturated rings. The summed E-state index contributed by atoms with van der Waals surface area (Å²) in [6.45, 7) is 1.56. The molecule has 0 radical (unpaired) electrons. The lowest BCUT2D eigenvalue weighted by atomic mass is 10.3. The fourth-order valence-corrected chi connectivity index (χ4v) is 3.37. The van der Waals surface area contributed by atoms with Crippen LogP contribution >= 0.6 is 68.0 Å². The van der Waals surface area contributed by atoms with Crippen LogP contribution in [0.15, 0.2) is 48.5 Å². The highest BCUT2D eigenvalue weighted by molar-refractivity contribution is 14.1. The predicted octanol–water partition coefficient (Wildman–Crippen LogP) is 4.74. The van der Waals surface area contributed by atoms with Crippen LogP contribution in [0.5, 0.6) is 5.75 Å². The average Bonchev–Trinajstić information content (AvgIpc) is 2.50. The highest BCUT2D eigenvalue weighted by Gasteiger charge is 2.12. The standard InChI is InChI=1S/C8H6I3NO.C7H7NO2/c1-5(13)12(11)7-4-2-3-6(9)8(7)10;8-7(9)10-6-4-2-1-3-5-6/h2-4H,1H3;1-5H,(H2,8,9). The molecule has 0 aromatic heterocycles. The fraction of sp³-hybridized carbons (Fsp3) is 0.0667. The van der Waals surface area contributed by atoms with E-state index in [1.165, 1.54) is 3.57 Å². The Balaban J connectivity index is 0.000000238. The molecular formula is C15H13I3N2O3. The minimum Gasteiger partial charge on any atom is -0.411 e. The Morgan fingerprint density at radius 2 is 1.65 bits per heavy atom. The molecule has 8 heteroatoms. The van der Waals surface area contributed by atoms with Crippen molar-refractivity contribution in [1.29, 1.82) is 0 Å². The minimum absolute atomic E-state index is 0.0421. The number of rotatable bonds is 2. The molecule has 0 aliphatic carbocycles. The van der Waals surface area contributed by atoms with Crippen LogP contribution in [0.2, 0.25) is 0 Å². The van der Waals surface area contributed by atoms with E-state index in [9.17, 15) is 9.59 Å². The number of carbonyl (C=O) groups excluding carboxylic acids is 2. The lowest BCUT2D eigenvalue weighted by Gasteiger charge is -2.14. The highest BCUT2D eigenvalue weighted by atomic mass is 127. The largest absolute Gasteiger partial charge is 0.411 e. The summed E-state index contributed by atoms with van der Waals surface area (Å²) in [5.41, 5.74) is 5.72. The molecule has 5 nitrogen and oxygen atoms in total. The van der Waals surface area contributed by atoms with Crippen molar-refractivity contribution in [2.75, 3.05) is 3.11 Å². The number of amides is 2. The highest BCUT2D eigenvalue weighted by Crippen LogP contribution is 2.28. The lowest BCUT2D eigenvalue weighted by Crippen LogP contribution is -2.16. The zero-order chi connectivity index (χ0) is 17.4. The molecule has 0 aliphatic heterocycles. The smallest absolute Gasteiger partial charge is 0.409 e. The number of para-hydroxylation sites is 1. The molecule has 2 amide bonds. The number of halogens is 3. The fourth-order valence-electron chi connectivity index (χ4n) is 1.42. The number of nitrogens with zero attached hydrogens (tertiary/aromatic N) is 1. The third kappa shape index (κ3) is 7.20. The van der Waals surface area contributed by atoms with Gasteiger partial charge < -0.3 is 10.5 Å². The first-order valence-electron chi connectivity index (χ1n) is 6.25. The van der Waals surface area contributed by atoms with Crippen LogP contribution in [-0.4, -0.2) is 12.0 Å². The zero-order valence-electron chi connectivity index (χ0n) is 12.0. The summed E-state index contributed by atoms with van der Waals surface area (Å²) in [6.07, 6.45) is -0.786. The molecule has 2 aromatic carbocycles. The normalized spacial score (nSPS) is 9.39. The SMILES string of the molecule is CC(=O)N(I)c1cccc(I)c1I.NC(=O)Oc1ccccc1. The van der Waals surface area contributed by atoms with E-state index in [2.05, 4.69) is 49.9 Å². The molecule has 2 aromatic rings. The van der Waals surface area contributed by atoms with Crippen LogP contribution in [-0.2, 0) is 4.79 Å². The minimum atomic E-state index is -0.786. The van der Waals surface area contributed by atoms with Gasteiger partial charge in [-0.2, -0.15) is 0 Å². The number of carbonyl (C=O) groups is 2. The van der Waals surface area contributed by atoms with Gasteiger partial charge >= 0.3 is 6.09 Å². The predicted molar refractivity (Wildman–Crippen MR) is 116 cm³/mol. The van der Waals surface area contributed by atoms with Crippen LogP contribution < -0.4 is 13.6 Å². The van der Waals surface area contributed by atoms with Crippen molar-refractivity contribution in [3.05, 3.63) is 55.7 Å². The van der Waals surface area contributed by atoms with Gasteiger partial charge in [-0.25, -0.2) is 4.79 Å². The lowest BCUT2D eigenvalue weighted by molar-refractivity contribution is -0.115.